The molecule has 2 aromatic rings. The van der Waals surface area contributed by atoms with E-state index in [1.165, 1.54) is 6.07 Å². The molecule has 0 aromatic carbocycles. The molecule has 0 unspecified atom stereocenters. The lowest BCUT2D eigenvalue weighted by molar-refractivity contribution is -0.380. The van der Waals surface area contributed by atoms with Crippen molar-refractivity contribution in [3.8, 4) is 10.7 Å². The predicted molar refractivity (Wildman–Crippen MR) is 56.9 cm³/mol. The van der Waals surface area contributed by atoms with E-state index in [2.05, 4.69) is 10.2 Å². The third-order valence-electron chi connectivity index (χ3n) is 2.10. The van der Waals surface area contributed by atoms with Crippen LogP contribution in [0, 0.1) is 10.1 Å². The molecule has 2 aromatic heterocycles. The summed E-state index contributed by atoms with van der Waals surface area (Å²) >= 11 is 1.03. The van der Waals surface area contributed by atoms with Crippen LogP contribution in [0.5, 0.6) is 0 Å². The minimum absolute atomic E-state index is 0.0588. The summed E-state index contributed by atoms with van der Waals surface area (Å²) in [6.45, 7) is -0.211. The maximum atomic E-state index is 10.5. The Morgan fingerprint density at radius 1 is 1.56 bits per heavy atom. The SMILES string of the molecule is Cn1c(CO)nnc1-c1ccc([N+](=O)[O-])s1. The average molecular weight is 240 g/mol. The number of aliphatic hydroxyl groups is 1. The Labute approximate surface area is 94.1 Å². The zero-order valence-electron chi connectivity index (χ0n) is 8.32. The molecule has 0 aliphatic rings. The Balaban J connectivity index is 2.42. The van der Waals surface area contributed by atoms with Crippen molar-refractivity contribution < 1.29 is 10.0 Å². The number of thiophene rings is 1. The summed E-state index contributed by atoms with van der Waals surface area (Å²) in [5.41, 5.74) is 0. The Morgan fingerprint density at radius 3 is 2.81 bits per heavy atom. The molecule has 0 bridgehead atoms. The minimum Gasteiger partial charge on any atom is -0.388 e. The third-order valence-corrected chi connectivity index (χ3v) is 3.13. The normalized spacial score (nSPS) is 10.6. The van der Waals surface area contributed by atoms with Gasteiger partial charge in [-0.25, -0.2) is 0 Å². The van der Waals surface area contributed by atoms with E-state index in [4.69, 9.17) is 5.11 Å². The van der Waals surface area contributed by atoms with Gasteiger partial charge in [-0.2, -0.15) is 0 Å². The first kappa shape index (κ1) is 10.7. The fraction of sp³-hybridized carbons (Fsp3) is 0.250. The van der Waals surface area contributed by atoms with Crippen molar-refractivity contribution >= 4 is 16.3 Å². The van der Waals surface area contributed by atoms with Gasteiger partial charge in [0.15, 0.2) is 11.6 Å². The largest absolute Gasteiger partial charge is 0.388 e. The summed E-state index contributed by atoms with van der Waals surface area (Å²) < 4.78 is 1.61. The lowest BCUT2D eigenvalue weighted by Crippen LogP contribution is -1.98. The van der Waals surface area contributed by atoms with E-state index in [0.717, 1.165) is 11.3 Å². The first-order valence-corrected chi connectivity index (χ1v) is 5.19. The Kier molecular flexibility index (Phi) is 2.67. The highest BCUT2D eigenvalue weighted by Crippen LogP contribution is 2.31. The zero-order valence-corrected chi connectivity index (χ0v) is 9.14. The van der Waals surface area contributed by atoms with Gasteiger partial charge in [0.2, 0.25) is 0 Å². The van der Waals surface area contributed by atoms with Crippen LogP contribution in [0.2, 0.25) is 0 Å². The summed E-state index contributed by atoms with van der Waals surface area (Å²) in [5.74, 6) is 0.938. The summed E-state index contributed by atoms with van der Waals surface area (Å²) in [4.78, 5) is 10.7. The smallest absolute Gasteiger partial charge is 0.324 e. The van der Waals surface area contributed by atoms with E-state index in [9.17, 15) is 10.1 Å². The molecular formula is C8H8N4O3S. The van der Waals surface area contributed by atoms with Gasteiger partial charge in [-0.3, -0.25) is 10.1 Å². The number of aromatic nitrogens is 3. The first-order valence-electron chi connectivity index (χ1n) is 4.37. The van der Waals surface area contributed by atoms with E-state index < -0.39 is 4.92 Å². The molecule has 84 valence electrons. The second-order valence-electron chi connectivity index (χ2n) is 3.05. The summed E-state index contributed by atoms with van der Waals surface area (Å²) in [6, 6.07) is 3.04. The molecule has 0 spiro atoms. The van der Waals surface area contributed by atoms with Gasteiger partial charge in [-0.1, -0.05) is 11.3 Å². The number of hydrogen-bond acceptors (Lipinski definition) is 6. The molecule has 7 nitrogen and oxygen atoms in total. The lowest BCUT2D eigenvalue weighted by Gasteiger charge is -1.98. The fourth-order valence-electron chi connectivity index (χ4n) is 1.26. The van der Waals surface area contributed by atoms with Crippen LogP contribution in [-0.2, 0) is 13.7 Å². The Bertz CT molecular complexity index is 533. The first-order chi connectivity index (χ1) is 7.63. The second kappa shape index (κ2) is 3.99. The Morgan fingerprint density at radius 2 is 2.31 bits per heavy atom. The molecule has 16 heavy (non-hydrogen) atoms. The van der Waals surface area contributed by atoms with E-state index in [1.807, 2.05) is 0 Å². The van der Waals surface area contributed by atoms with Gasteiger partial charge < -0.3 is 9.67 Å². The second-order valence-corrected chi connectivity index (χ2v) is 4.11. The van der Waals surface area contributed by atoms with E-state index in [1.54, 1.807) is 17.7 Å². The van der Waals surface area contributed by atoms with Crippen molar-refractivity contribution in [3.63, 3.8) is 0 Å². The van der Waals surface area contributed by atoms with Gasteiger partial charge in [0.25, 0.3) is 0 Å². The van der Waals surface area contributed by atoms with Crippen molar-refractivity contribution in [1.29, 1.82) is 0 Å². The fourth-order valence-corrected chi connectivity index (χ4v) is 2.10. The number of hydrogen-bond donors (Lipinski definition) is 1. The summed E-state index contributed by atoms with van der Waals surface area (Å²) in [7, 11) is 1.70. The van der Waals surface area contributed by atoms with Crippen molar-refractivity contribution in [1.82, 2.24) is 14.8 Å². The van der Waals surface area contributed by atoms with E-state index >= 15 is 0 Å². The Hall–Kier alpha value is -1.80. The quantitative estimate of drug-likeness (QED) is 0.636. The lowest BCUT2D eigenvalue weighted by atomic mass is 10.4. The molecule has 2 heterocycles. The molecule has 0 radical (unpaired) electrons. The maximum Gasteiger partial charge on any atom is 0.324 e. The van der Waals surface area contributed by atoms with Gasteiger partial charge in [0, 0.05) is 13.1 Å². The molecule has 1 N–H and O–H groups in total. The summed E-state index contributed by atoms with van der Waals surface area (Å²) in [6.07, 6.45) is 0. The highest BCUT2D eigenvalue weighted by atomic mass is 32.1. The van der Waals surface area contributed by atoms with Crippen LogP contribution in [0.3, 0.4) is 0 Å². The van der Waals surface area contributed by atoms with Crippen LogP contribution >= 0.6 is 11.3 Å². The average Bonchev–Trinajstić information content (AvgIpc) is 2.83. The van der Waals surface area contributed by atoms with Gasteiger partial charge in [0.05, 0.1) is 9.80 Å². The molecule has 0 atom stereocenters. The molecule has 0 amide bonds. The molecular weight excluding hydrogens is 232 g/mol. The van der Waals surface area contributed by atoms with Crippen molar-refractivity contribution in [2.75, 3.05) is 0 Å². The van der Waals surface area contributed by atoms with Crippen LogP contribution in [0.25, 0.3) is 10.7 Å². The van der Waals surface area contributed by atoms with E-state index in [-0.39, 0.29) is 11.6 Å². The van der Waals surface area contributed by atoms with Gasteiger partial charge >= 0.3 is 5.00 Å². The van der Waals surface area contributed by atoms with Crippen LogP contribution in [0.1, 0.15) is 5.82 Å². The van der Waals surface area contributed by atoms with Crippen molar-refractivity contribution in [3.05, 3.63) is 28.1 Å². The highest BCUT2D eigenvalue weighted by molar-refractivity contribution is 7.18. The van der Waals surface area contributed by atoms with Crippen molar-refractivity contribution in [2.45, 2.75) is 6.61 Å². The molecule has 0 aliphatic carbocycles. The number of nitrogens with zero attached hydrogens (tertiary/aromatic N) is 4. The van der Waals surface area contributed by atoms with Crippen molar-refractivity contribution in [2.24, 2.45) is 7.05 Å². The topological polar surface area (TPSA) is 94.1 Å². The monoisotopic (exact) mass is 240 g/mol. The van der Waals surface area contributed by atoms with Crippen LogP contribution in [0.4, 0.5) is 5.00 Å². The summed E-state index contributed by atoms with van der Waals surface area (Å²) in [5, 5.41) is 27.2. The van der Waals surface area contributed by atoms with Gasteiger partial charge in [-0.15, -0.1) is 10.2 Å². The molecule has 0 fully saturated rings. The van der Waals surface area contributed by atoms with Crippen LogP contribution in [0.15, 0.2) is 12.1 Å². The molecule has 0 aliphatic heterocycles. The van der Waals surface area contributed by atoms with Gasteiger partial charge in [0.1, 0.15) is 6.61 Å². The van der Waals surface area contributed by atoms with Gasteiger partial charge in [-0.05, 0) is 6.07 Å². The maximum absolute atomic E-state index is 10.5. The molecule has 8 heteroatoms. The standard InChI is InChI=1S/C8H8N4O3S/c1-11-6(4-13)9-10-8(11)5-2-3-7(16-5)12(14)15/h2-3,13H,4H2,1H3. The number of aliphatic hydroxyl groups excluding tert-OH is 1. The van der Waals surface area contributed by atoms with Crippen LogP contribution in [-0.4, -0.2) is 24.8 Å². The predicted octanol–water partition coefficient (Wildman–Crippen LogP) is 0.944. The molecule has 2 rings (SSSR count). The third kappa shape index (κ3) is 1.68. The zero-order chi connectivity index (χ0) is 11.7. The number of nitro groups is 1. The molecule has 0 saturated carbocycles. The van der Waals surface area contributed by atoms with Crippen LogP contribution < -0.4 is 0 Å². The van der Waals surface area contributed by atoms with E-state index in [0.29, 0.717) is 16.5 Å². The number of rotatable bonds is 3. The molecule has 0 saturated heterocycles. The highest BCUT2D eigenvalue weighted by Gasteiger charge is 2.16. The minimum atomic E-state index is -0.447.